The molecule has 0 aliphatic carbocycles. The van der Waals surface area contributed by atoms with E-state index < -0.39 is 0 Å². The van der Waals surface area contributed by atoms with E-state index in [2.05, 4.69) is 14.9 Å². The van der Waals surface area contributed by atoms with Gasteiger partial charge in [-0.05, 0) is 25.3 Å². The van der Waals surface area contributed by atoms with Crippen LogP contribution in [0.5, 0.6) is 0 Å². The summed E-state index contributed by atoms with van der Waals surface area (Å²) in [6, 6.07) is 0. The van der Waals surface area contributed by atoms with Crippen LogP contribution in [0.1, 0.15) is 23.3 Å². The SMILES string of the molecule is O=C(CN1CCC[C@@H](CO)C1)c1cnccn1. The summed E-state index contributed by atoms with van der Waals surface area (Å²) < 4.78 is 0. The van der Waals surface area contributed by atoms with E-state index in [1.54, 1.807) is 6.20 Å². The van der Waals surface area contributed by atoms with Crippen LogP contribution in [0.3, 0.4) is 0 Å². The van der Waals surface area contributed by atoms with E-state index in [1.165, 1.54) is 12.4 Å². The molecule has 1 N–H and O–H groups in total. The molecule has 92 valence electrons. The number of likely N-dealkylation sites (tertiary alicyclic amines) is 1. The number of carbonyl (C=O) groups is 1. The maximum atomic E-state index is 11.9. The summed E-state index contributed by atoms with van der Waals surface area (Å²) in [5, 5.41) is 9.13. The molecule has 0 saturated carbocycles. The molecule has 0 radical (unpaired) electrons. The number of ketones is 1. The van der Waals surface area contributed by atoms with E-state index >= 15 is 0 Å². The van der Waals surface area contributed by atoms with Crippen molar-refractivity contribution in [1.29, 1.82) is 0 Å². The van der Waals surface area contributed by atoms with E-state index in [0.717, 1.165) is 25.9 Å². The van der Waals surface area contributed by atoms with Gasteiger partial charge >= 0.3 is 0 Å². The van der Waals surface area contributed by atoms with Crippen LogP contribution < -0.4 is 0 Å². The number of aliphatic hydroxyl groups excluding tert-OH is 1. The molecule has 5 nitrogen and oxygen atoms in total. The molecule has 1 fully saturated rings. The Labute approximate surface area is 100 Å². The van der Waals surface area contributed by atoms with E-state index in [1.807, 2.05) is 0 Å². The monoisotopic (exact) mass is 235 g/mol. The number of aliphatic hydroxyl groups is 1. The number of rotatable bonds is 4. The number of nitrogens with zero attached hydrogens (tertiary/aromatic N) is 3. The van der Waals surface area contributed by atoms with Crippen molar-refractivity contribution >= 4 is 5.78 Å². The smallest absolute Gasteiger partial charge is 0.196 e. The quantitative estimate of drug-likeness (QED) is 0.763. The van der Waals surface area contributed by atoms with Crippen LogP contribution in [-0.2, 0) is 0 Å². The Morgan fingerprint density at radius 1 is 1.53 bits per heavy atom. The van der Waals surface area contributed by atoms with Crippen molar-refractivity contribution in [3.8, 4) is 0 Å². The third-order valence-corrected chi connectivity index (χ3v) is 3.08. The molecule has 1 aliphatic rings. The number of aromatic nitrogens is 2. The zero-order valence-electron chi connectivity index (χ0n) is 9.75. The number of hydrogen-bond acceptors (Lipinski definition) is 5. The fourth-order valence-electron chi connectivity index (χ4n) is 2.17. The van der Waals surface area contributed by atoms with Crippen LogP contribution >= 0.6 is 0 Å². The summed E-state index contributed by atoms with van der Waals surface area (Å²) in [4.78, 5) is 21.9. The molecule has 0 amide bonds. The molecule has 1 aliphatic heterocycles. The summed E-state index contributed by atoms with van der Waals surface area (Å²) >= 11 is 0. The maximum absolute atomic E-state index is 11.9. The Balaban J connectivity index is 1.90. The first-order valence-corrected chi connectivity index (χ1v) is 5.92. The molecule has 1 aromatic rings. The van der Waals surface area contributed by atoms with Gasteiger partial charge < -0.3 is 5.11 Å². The third kappa shape index (κ3) is 3.31. The molecule has 0 bridgehead atoms. The first kappa shape index (κ1) is 12.1. The molecule has 1 aromatic heterocycles. The highest BCUT2D eigenvalue weighted by Crippen LogP contribution is 2.15. The summed E-state index contributed by atoms with van der Waals surface area (Å²) in [6.45, 7) is 2.29. The first-order chi connectivity index (χ1) is 8.29. The van der Waals surface area contributed by atoms with Crippen molar-refractivity contribution in [2.24, 2.45) is 5.92 Å². The fourth-order valence-corrected chi connectivity index (χ4v) is 2.17. The van der Waals surface area contributed by atoms with Gasteiger partial charge in [-0.15, -0.1) is 0 Å². The summed E-state index contributed by atoms with van der Waals surface area (Å²) in [7, 11) is 0. The van der Waals surface area contributed by atoms with Crippen molar-refractivity contribution < 1.29 is 9.90 Å². The minimum absolute atomic E-state index is 0.00307. The van der Waals surface area contributed by atoms with Gasteiger partial charge in [-0.2, -0.15) is 0 Å². The summed E-state index contributed by atoms with van der Waals surface area (Å²) in [5.41, 5.74) is 0.415. The Kier molecular flexibility index (Phi) is 4.17. The average molecular weight is 235 g/mol. The number of hydrogen-bond donors (Lipinski definition) is 1. The largest absolute Gasteiger partial charge is 0.396 e. The number of piperidine rings is 1. The lowest BCUT2D eigenvalue weighted by molar-refractivity contribution is 0.0829. The van der Waals surface area contributed by atoms with Crippen molar-refractivity contribution in [3.63, 3.8) is 0 Å². The molecule has 5 heteroatoms. The highest BCUT2D eigenvalue weighted by molar-refractivity contribution is 5.95. The molecule has 0 unspecified atom stereocenters. The lowest BCUT2D eigenvalue weighted by atomic mass is 9.99. The predicted molar refractivity (Wildman–Crippen MR) is 62.6 cm³/mol. The highest BCUT2D eigenvalue weighted by atomic mass is 16.3. The topological polar surface area (TPSA) is 66.3 Å². The van der Waals surface area contributed by atoms with Crippen molar-refractivity contribution in [1.82, 2.24) is 14.9 Å². The van der Waals surface area contributed by atoms with Gasteiger partial charge in [-0.25, -0.2) is 4.98 Å². The molecular formula is C12H17N3O2. The molecule has 17 heavy (non-hydrogen) atoms. The van der Waals surface area contributed by atoms with Gasteiger partial charge in [0.25, 0.3) is 0 Å². The second-order valence-corrected chi connectivity index (χ2v) is 4.44. The van der Waals surface area contributed by atoms with Crippen LogP contribution in [0.2, 0.25) is 0 Å². The minimum atomic E-state index is -0.00307. The Morgan fingerprint density at radius 2 is 2.41 bits per heavy atom. The summed E-state index contributed by atoms with van der Waals surface area (Å²) in [6.07, 6.45) is 6.67. The van der Waals surface area contributed by atoms with Gasteiger partial charge in [-0.1, -0.05) is 0 Å². The van der Waals surface area contributed by atoms with Gasteiger partial charge in [0.05, 0.1) is 12.7 Å². The van der Waals surface area contributed by atoms with Crippen LogP contribution in [0, 0.1) is 5.92 Å². The molecule has 1 atom stereocenters. The van der Waals surface area contributed by atoms with E-state index in [-0.39, 0.29) is 12.4 Å². The second kappa shape index (κ2) is 5.84. The summed E-state index contributed by atoms with van der Waals surface area (Å²) in [5.74, 6) is 0.301. The Hall–Kier alpha value is -1.33. The van der Waals surface area contributed by atoms with Crippen LogP contribution in [0.4, 0.5) is 0 Å². The van der Waals surface area contributed by atoms with Gasteiger partial charge in [0.15, 0.2) is 5.78 Å². The van der Waals surface area contributed by atoms with Gasteiger partial charge in [0.1, 0.15) is 5.69 Å². The molecular weight excluding hydrogens is 218 g/mol. The fraction of sp³-hybridized carbons (Fsp3) is 0.583. The van der Waals surface area contributed by atoms with Gasteiger partial charge in [0.2, 0.25) is 0 Å². The second-order valence-electron chi connectivity index (χ2n) is 4.44. The zero-order valence-corrected chi connectivity index (χ0v) is 9.75. The first-order valence-electron chi connectivity index (χ1n) is 5.92. The lowest BCUT2D eigenvalue weighted by Gasteiger charge is -2.30. The normalized spacial score (nSPS) is 21.4. The average Bonchev–Trinajstić information content (AvgIpc) is 2.40. The number of Topliss-reactive ketones (excluding diaryl/α,β-unsaturated/α-hetero) is 1. The highest BCUT2D eigenvalue weighted by Gasteiger charge is 2.21. The molecule has 2 heterocycles. The Morgan fingerprint density at radius 3 is 3.12 bits per heavy atom. The Bertz CT molecular complexity index is 369. The van der Waals surface area contributed by atoms with Gasteiger partial charge in [0, 0.05) is 25.5 Å². The van der Waals surface area contributed by atoms with E-state index in [4.69, 9.17) is 5.11 Å². The molecule has 0 spiro atoms. The van der Waals surface area contributed by atoms with E-state index in [0.29, 0.717) is 18.2 Å². The third-order valence-electron chi connectivity index (χ3n) is 3.08. The predicted octanol–water partition coefficient (Wildman–Crippen LogP) is 0.364. The molecule has 1 saturated heterocycles. The van der Waals surface area contributed by atoms with E-state index in [9.17, 15) is 4.79 Å². The molecule has 0 aromatic carbocycles. The van der Waals surface area contributed by atoms with Crippen LogP contribution in [-0.4, -0.2) is 52.0 Å². The standard InChI is InChI=1S/C12H17N3O2/c16-9-10-2-1-5-15(7-10)8-12(17)11-6-13-3-4-14-11/h3-4,6,10,16H,1-2,5,7-9H2/t10-/m1/s1. The number of carbonyl (C=O) groups excluding carboxylic acids is 1. The minimum Gasteiger partial charge on any atom is -0.396 e. The maximum Gasteiger partial charge on any atom is 0.196 e. The lowest BCUT2D eigenvalue weighted by Crippen LogP contribution is -2.40. The van der Waals surface area contributed by atoms with Gasteiger partial charge in [-0.3, -0.25) is 14.7 Å². The van der Waals surface area contributed by atoms with Crippen molar-refractivity contribution in [2.75, 3.05) is 26.2 Å². The van der Waals surface area contributed by atoms with Crippen LogP contribution in [0.25, 0.3) is 0 Å². The zero-order chi connectivity index (χ0) is 12.1. The van der Waals surface area contributed by atoms with Crippen molar-refractivity contribution in [3.05, 3.63) is 24.3 Å². The van der Waals surface area contributed by atoms with Crippen LogP contribution in [0.15, 0.2) is 18.6 Å². The molecule has 2 rings (SSSR count). The van der Waals surface area contributed by atoms with Crippen molar-refractivity contribution in [2.45, 2.75) is 12.8 Å².